The Kier molecular flexibility index (Phi) is 8.86. The minimum atomic E-state index is 0. The number of rotatable bonds is 5. The van der Waals surface area contributed by atoms with Gasteiger partial charge in [0.05, 0.1) is 26.9 Å². The lowest BCUT2D eigenvalue weighted by Gasteiger charge is -2.32. The van der Waals surface area contributed by atoms with Crippen molar-refractivity contribution in [1.29, 1.82) is 0 Å². The number of nitrogens with zero attached hydrogens (tertiary/aromatic N) is 4. The molecule has 8 heteroatoms. The Labute approximate surface area is 173 Å². The molecular weight excluding hydrogens is 445 g/mol. The molecule has 1 aromatic rings. The van der Waals surface area contributed by atoms with Crippen LogP contribution in [0.15, 0.2) is 23.3 Å². The van der Waals surface area contributed by atoms with Gasteiger partial charge in [0.15, 0.2) is 5.96 Å². The van der Waals surface area contributed by atoms with Crippen molar-refractivity contribution in [3.8, 4) is 5.88 Å². The highest BCUT2D eigenvalue weighted by molar-refractivity contribution is 14.0. The van der Waals surface area contributed by atoms with E-state index in [1.165, 1.54) is 6.42 Å². The van der Waals surface area contributed by atoms with Gasteiger partial charge in [0.25, 0.3) is 0 Å². The first kappa shape index (κ1) is 21.2. The average Bonchev–Trinajstić information content (AvgIpc) is 3.16. The van der Waals surface area contributed by atoms with E-state index in [1.807, 2.05) is 12.1 Å². The highest BCUT2D eigenvalue weighted by Crippen LogP contribution is 2.18. The molecule has 2 fully saturated rings. The van der Waals surface area contributed by atoms with Crippen molar-refractivity contribution < 1.29 is 9.47 Å². The number of halogens is 1. The summed E-state index contributed by atoms with van der Waals surface area (Å²) in [7, 11) is 1.65. The lowest BCUT2D eigenvalue weighted by Crippen LogP contribution is -2.46. The van der Waals surface area contributed by atoms with Crippen molar-refractivity contribution in [3.63, 3.8) is 0 Å². The van der Waals surface area contributed by atoms with Crippen molar-refractivity contribution >= 4 is 29.9 Å². The van der Waals surface area contributed by atoms with Gasteiger partial charge in [-0.05, 0) is 19.4 Å². The van der Waals surface area contributed by atoms with Gasteiger partial charge in [0.1, 0.15) is 0 Å². The average molecular weight is 475 g/mol. The second kappa shape index (κ2) is 10.9. The number of methoxy groups -OCH3 is 1. The number of nitrogens with one attached hydrogen (secondary N) is 1. The van der Waals surface area contributed by atoms with Gasteiger partial charge in [-0.25, -0.2) is 9.98 Å². The molecule has 1 aromatic heterocycles. The number of pyridine rings is 1. The molecule has 0 aromatic carbocycles. The molecule has 2 saturated heterocycles. The summed E-state index contributed by atoms with van der Waals surface area (Å²) in [6, 6.07) is 4.53. The first-order valence-corrected chi connectivity index (χ1v) is 9.14. The SMILES string of the molecule is CCNC(=NCc1cccnc1OC)N1CCC(N2CCOCC2)C1.I. The van der Waals surface area contributed by atoms with Crippen LogP contribution in [0.2, 0.25) is 0 Å². The molecule has 2 aliphatic rings. The van der Waals surface area contributed by atoms with Gasteiger partial charge in [0.2, 0.25) is 5.88 Å². The number of aliphatic imine (C=N–C) groups is 1. The highest BCUT2D eigenvalue weighted by atomic mass is 127. The molecule has 1 atom stereocenters. The molecule has 3 rings (SSSR count). The van der Waals surface area contributed by atoms with Gasteiger partial charge in [-0.3, -0.25) is 4.90 Å². The molecule has 0 radical (unpaired) electrons. The Morgan fingerprint density at radius 2 is 2.19 bits per heavy atom. The first-order chi connectivity index (χ1) is 12.3. The van der Waals surface area contributed by atoms with Gasteiger partial charge in [-0.1, -0.05) is 6.07 Å². The Morgan fingerprint density at radius 3 is 2.92 bits per heavy atom. The number of hydrogen-bond acceptors (Lipinski definition) is 5. The third kappa shape index (κ3) is 5.43. The number of aromatic nitrogens is 1. The van der Waals surface area contributed by atoms with E-state index in [-0.39, 0.29) is 24.0 Å². The fourth-order valence-corrected chi connectivity index (χ4v) is 3.49. The minimum Gasteiger partial charge on any atom is -0.481 e. The highest BCUT2D eigenvalue weighted by Gasteiger charge is 2.30. The van der Waals surface area contributed by atoms with Gasteiger partial charge >= 0.3 is 0 Å². The van der Waals surface area contributed by atoms with E-state index in [4.69, 9.17) is 14.5 Å². The van der Waals surface area contributed by atoms with E-state index in [0.717, 1.165) is 57.5 Å². The van der Waals surface area contributed by atoms with Crippen molar-refractivity contribution in [1.82, 2.24) is 20.1 Å². The number of likely N-dealkylation sites (tertiary alicyclic amines) is 1. The number of ether oxygens (including phenoxy) is 2. The number of hydrogen-bond donors (Lipinski definition) is 1. The molecule has 0 saturated carbocycles. The van der Waals surface area contributed by atoms with Crippen LogP contribution in [0.25, 0.3) is 0 Å². The quantitative estimate of drug-likeness (QED) is 0.397. The summed E-state index contributed by atoms with van der Waals surface area (Å²) in [6.45, 7) is 9.39. The predicted octanol–water partition coefficient (Wildman–Crippen LogP) is 1.58. The zero-order valence-electron chi connectivity index (χ0n) is 15.7. The largest absolute Gasteiger partial charge is 0.481 e. The van der Waals surface area contributed by atoms with E-state index in [2.05, 4.69) is 27.0 Å². The Hall–Kier alpha value is -1.13. The Balaban J connectivity index is 0.00000243. The third-order valence-electron chi connectivity index (χ3n) is 4.80. The standard InChI is InChI=1S/C18H29N5O2.HI/c1-3-19-18(21-13-15-5-4-7-20-17(15)24-2)23-8-6-16(14-23)22-9-11-25-12-10-22;/h4-5,7,16H,3,6,8-14H2,1-2H3,(H,19,21);1H. The summed E-state index contributed by atoms with van der Waals surface area (Å²) in [6.07, 6.45) is 2.92. The maximum Gasteiger partial charge on any atom is 0.218 e. The van der Waals surface area contributed by atoms with Crippen LogP contribution in [0.5, 0.6) is 5.88 Å². The normalized spacial score (nSPS) is 21.4. The summed E-state index contributed by atoms with van der Waals surface area (Å²) in [5.41, 5.74) is 1.00. The maximum absolute atomic E-state index is 5.47. The summed E-state index contributed by atoms with van der Waals surface area (Å²) in [5.74, 6) is 1.62. The molecule has 0 aliphatic carbocycles. The van der Waals surface area contributed by atoms with Crippen molar-refractivity contribution in [2.45, 2.75) is 25.9 Å². The zero-order valence-corrected chi connectivity index (χ0v) is 18.0. The van der Waals surface area contributed by atoms with Crippen LogP contribution in [0.4, 0.5) is 0 Å². The van der Waals surface area contributed by atoms with Crippen LogP contribution in [-0.2, 0) is 11.3 Å². The van der Waals surface area contributed by atoms with Gasteiger partial charge in [-0.15, -0.1) is 24.0 Å². The smallest absolute Gasteiger partial charge is 0.218 e. The van der Waals surface area contributed by atoms with Crippen LogP contribution < -0.4 is 10.1 Å². The molecule has 26 heavy (non-hydrogen) atoms. The fraction of sp³-hybridized carbons (Fsp3) is 0.667. The molecule has 7 nitrogen and oxygen atoms in total. The number of morpholine rings is 1. The fourth-order valence-electron chi connectivity index (χ4n) is 3.49. The topological polar surface area (TPSA) is 62.2 Å². The molecule has 0 spiro atoms. The van der Waals surface area contributed by atoms with Gasteiger partial charge < -0.3 is 19.7 Å². The molecular formula is C18H30IN5O2. The molecule has 0 amide bonds. The second-order valence-corrected chi connectivity index (χ2v) is 6.38. The van der Waals surface area contributed by atoms with Crippen LogP contribution in [0.1, 0.15) is 18.9 Å². The van der Waals surface area contributed by atoms with E-state index in [9.17, 15) is 0 Å². The van der Waals surface area contributed by atoms with Gasteiger partial charge in [-0.2, -0.15) is 0 Å². The molecule has 2 aliphatic heterocycles. The Morgan fingerprint density at radius 1 is 1.38 bits per heavy atom. The van der Waals surface area contributed by atoms with Crippen LogP contribution in [0, 0.1) is 0 Å². The van der Waals surface area contributed by atoms with Gasteiger partial charge in [0, 0.05) is 50.5 Å². The van der Waals surface area contributed by atoms with E-state index >= 15 is 0 Å². The zero-order chi connectivity index (χ0) is 17.5. The van der Waals surface area contributed by atoms with E-state index in [0.29, 0.717) is 18.5 Å². The third-order valence-corrected chi connectivity index (χ3v) is 4.80. The maximum atomic E-state index is 5.47. The summed E-state index contributed by atoms with van der Waals surface area (Å²) >= 11 is 0. The molecule has 1 unspecified atom stereocenters. The second-order valence-electron chi connectivity index (χ2n) is 6.38. The summed E-state index contributed by atoms with van der Waals surface area (Å²) in [4.78, 5) is 14.0. The molecule has 3 heterocycles. The minimum absolute atomic E-state index is 0. The van der Waals surface area contributed by atoms with Crippen LogP contribution >= 0.6 is 24.0 Å². The summed E-state index contributed by atoms with van der Waals surface area (Å²) < 4.78 is 10.8. The first-order valence-electron chi connectivity index (χ1n) is 9.14. The monoisotopic (exact) mass is 475 g/mol. The van der Waals surface area contributed by atoms with Crippen LogP contribution in [0.3, 0.4) is 0 Å². The lowest BCUT2D eigenvalue weighted by molar-refractivity contribution is 0.0195. The van der Waals surface area contributed by atoms with E-state index in [1.54, 1.807) is 13.3 Å². The van der Waals surface area contributed by atoms with E-state index < -0.39 is 0 Å². The lowest BCUT2D eigenvalue weighted by atomic mass is 10.2. The van der Waals surface area contributed by atoms with Crippen molar-refractivity contribution in [2.24, 2.45) is 4.99 Å². The Bertz CT molecular complexity index is 580. The van der Waals surface area contributed by atoms with Crippen molar-refractivity contribution in [2.75, 3.05) is 53.0 Å². The number of guanidine groups is 1. The van der Waals surface area contributed by atoms with Crippen LogP contribution in [-0.4, -0.2) is 79.8 Å². The summed E-state index contributed by atoms with van der Waals surface area (Å²) in [5, 5.41) is 3.43. The molecule has 1 N–H and O–H groups in total. The van der Waals surface area contributed by atoms with Crippen molar-refractivity contribution in [3.05, 3.63) is 23.9 Å². The predicted molar refractivity (Wildman–Crippen MR) is 113 cm³/mol. The molecule has 0 bridgehead atoms. The molecule has 146 valence electrons.